The van der Waals surface area contributed by atoms with E-state index in [1.165, 1.54) is 5.56 Å². The molecule has 2 aromatic rings. The average molecular weight is 280 g/mol. The minimum atomic E-state index is -0.320. The fourth-order valence-electron chi connectivity index (χ4n) is 3.21. The van der Waals surface area contributed by atoms with Crippen LogP contribution in [0.25, 0.3) is 0 Å². The molecule has 2 N–H and O–H groups in total. The summed E-state index contributed by atoms with van der Waals surface area (Å²) in [4.78, 5) is 14.1. The minimum Gasteiger partial charge on any atom is -0.368 e. The molecular weight excluding hydrogens is 260 g/mol. The number of likely N-dealkylation sites (tertiary alicyclic amines) is 1. The molecule has 0 radical (unpaired) electrons. The molecule has 108 valence electrons. The molecule has 1 aliphatic rings. The fourth-order valence-corrected chi connectivity index (χ4v) is 3.21. The monoisotopic (exact) mass is 280 g/mol. The third-order valence-electron chi connectivity index (χ3n) is 4.24. The number of amides is 1. The van der Waals surface area contributed by atoms with E-state index >= 15 is 0 Å². The van der Waals surface area contributed by atoms with Crippen LogP contribution < -0.4 is 5.73 Å². The van der Waals surface area contributed by atoms with Gasteiger partial charge in [-0.1, -0.05) is 60.7 Å². The molecule has 3 heteroatoms. The SMILES string of the molecule is NC(=O)[C@H](c1ccccc1)N1CC[C@H](c2ccccc2)C1. The fraction of sp³-hybridized carbons (Fsp3) is 0.278. The highest BCUT2D eigenvalue weighted by Gasteiger charge is 2.32. The Morgan fingerprint density at radius 1 is 1.05 bits per heavy atom. The highest BCUT2D eigenvalue weighted by atomic mass is 16.1. The minimum absolute atomic E-state index is 0.269. The van der Waals surface area contributed by atoms with Crippen molar-refractivity contribution in [2.75, 3.05) is 13.1 Å². The van der Waals surface area contributed by atoms with Crippen molar-refractivity contribution in [1.29, 1.82) is 0 Å². The van der Waals surface area contributed by atoms with Crippen LogP contribution in [0.4, 0.5) is 0 Å². The lowest BCUT2D eigenvalue weighted by Crippen LogP contribution is -2.36. The van der Waals surface area contributed by atoms with Crippen LogP contribution in [0.3, 0.4) is 0 Å². The van der Waals surface area contributed by atoms with E-state index in [0.717, 1.165) is 25.1 Å². The van der Waals surface area contributed by atoms with Crippen molar-refractivity contribution in [2.24, 2.45) is 5.73 Å². The molecule has 0 saturated carbocycles. The van der Waals surface area contributed by atoms with Crippen molar-refractivity contribution in [3.05, 3.63) is 71.8 Å². The molecule has 1 aliphatic heterocycles. The van der Waals surface area contributed by atoms with Crippen LogP contribution in [0.2, 0.25) is 0 Å². The summed E-state index contributed by atoms with van der Waals surface area (Å²) < 4.78 is 0. The third-order valence-corrected chi connectivity index (χ3v) is 4.24. The first-order valence-corrected chi connectivity index (χ1v) is 7.39. The van der Waals surface area contributed by atoms with Gasteiger partial charge >= 0.3 is 0 Å². The molecule has 1 saturated heterocycles. The molecular formula is C18H20N2O. The molecule has 3 nitrogen and oxygen atoms in total. The van der Waals surface area contributed by atoms with Gasteiger partial charge in [0.05, 0.1) is 0 Å². The van der Waals surface area contributed by atoms with Gasteiger partial charge in [0.1, 0.15) is 6.04 Å². The smallest absolute Gasteiger partial charge is 0.239 e. The number of carbonyl (C=O) groups excluding carboxylic acids is 1. The Labute approximate surface area is 125 Å². The van der Waals surface area contributed by atoms with Crippen molar-refractivity contribution in [3.8, 4) is 0 Å². The van der Waals surface area contributed by atoms with E-state index in [1.54, 1.807) is 0 Å². The Morgan fingerprint density at radius 3 is 2.29 bits per heavy atom. The standard InChI is InChI=1S/C18H20N2O/c19-18(21)17(15-9-5-2-6-10-15)20-12-11-16(13-20)14-7-3-1-4-8-14/h1-10,16-17H,11-13H2,(H2,19,21)/t16-,17-/m0/s1. The van der Waals surface area contributed by atoms with Crippen LogP contribution in [-0.2, 0) is 4.79 Å². The van der Waals surface area contributed by atoms with E-state index in [-0.39, 0.29) is 11.9 Å². The maximum atomic E-state index is 11.9. The maximum absolute atomic E-state index is 11.9. The van der Waals surface area contributed by atoms with Gasteiger partial charge < -0.3 is 5.73 Å². The van der Waals surface area contributed by atoms with E-state index in [9.17, 15) is 4.79 Å². The van der Waals surface area contributed by atoms with Gasteiger partial charge in [0.15, 0.2) is 0 Å². The van der Waals surface area contributed by atoms with Gasteiger partial charge in [-0.05, 0) is 30.0 Å². The highest BCUT2D eigenvalue weighted by Crippen LogP contribution is 2.32. The Morgan fingerprint density at radius 2 is 1.67 bits per heavy atom. The summed E-state index contributed by atoms with van der Waals surface area (Å²) >= 11 is 0. The van der Waals surface area contributed by atoms with Gasteiger partial charge in [0.25, 0.3) is 0 Å². The second kappa shape index (κ2) is 6.10. The van der Waals surface area contributed by atoms with Crippen LogP contribution in [0.5, 0.6) is 0 Å². The predicted octanol–water partition coefficient (Wildman–Crippen LogP) is 2.70. The highest BCUT2D eigenvalue weighted by molar-refractivity contribution is 5.81. The van der Waals surface area contributed by atoms with Crippen LogP contribution in [0, 0.1) is 0 Å². The van der Waals surface area contributed by atoms with Gasteiger partial charge in [0, 0.05) is 6.54 Å². The van der Waals surface area contributed by atoms with E-state index in [4.69, 9.17) is 5.73 Å². The summed E-state index contributed by atoms with van der Waals surface area (Å²) in [7, 11) is 0. The molecule has 1 heterocycles. The number of nitrogens with zero attached hydrogens (tertiary/aromatic N) is 1. The summed E-state index contributed by atoms with van der Waals surface area (Å²) in [5, 5.41) is 0. The summed E-state index contributed by atoms with van der Waals surface area (Å²) in [6, 6.07) is 20.0. The van der Waals surface area contributed by atoms with E-state index in [2.05, 4.69) is 29.2 Å². The molecule has 0 aromatic heterocycles. The molecule has 1 fully saturated rings. The zero-order valence-corrected chi connectivity index (χ0v) is 12.0. The first-order valence-electron chi connectivity index (χ1n) is 7.39. The molecule has 0 aliphatic carbocycles. The van der Waals surface area contributed by atoms with Gasteiger partial charge in [-0.25, -0.2) is 0 Å². The summed E-state index contributed by atoms with van der Waals surface area (Å²) in [5.74, 6) is 0.215. The maximum Gasteiger partial charge on any atom is 0.239 e. The third kappa shape index (κ3) is 2.98. The number of carbonyl (C=O) groups is 1. The molecule has 21 heavy (non-hydrogen) atoms. The number of nitrogens with two attached hydrogens (primary N) is 1. The van der Waals surface area contributed by atoms with Gasteiger partial charge in [-0.15, -0.1) is 0 Å². The van der Waals surface area contributed by atoms with Crippen molar-refractivity contribution in [1.82, 2.24) is 4.90 Å². The molecule has 0 unspecified atom stereocenters. The normalized spacial score (nSPS) is 20.3. The largest absolute Gasteiger partial charge is 0.368 e. The summed E-state index contributed by atoms with van der Waals surface area (Å²) in [6.07, 6.45) is 1.07. The predicted molar refractivity (Wildman–Crippen MR) is 83.8 cm³/mol. The lowest BCUT2D eigenvalue weighted by atomic mass is 9.98. The number of hydrogen-bond acceptors (Lipinski definition) is 2. The quantitative estimate of drug-likeness (QED) is 0.936. The zero-order valence-electron chi connectivity index (χ0n) is 12.0. The van der Waals surface area contributed by atoms with Crippen molar-refractivity contribution in [2.45, 2.75) is 18.4 Å². The van der Waals surface area contributed by atoms with Gasteiger partial charge in [-0.2, -0.15) is 0 Å². The van der Waals surface area contributed by atoms with Crippen LogP contribution >= 0.6 is 0 Å². The number of benzene rings is 2. The van der Waals surface area contributed by atoms with Crippen molar-refractivity contribution in [3.63, 3.8) is 0 Å². The lowest BCUT2D eigenvalue weighted by molar-refractivity contribution is -0.123. The van der Waals surface area contributed by atoms with E-state index in [0.29, 0.717) is 5.92 Å². The molecule has 0 spiro atoms. The van der Waals surface area contributed by atoms with Crippen molar-refractivity contribution < 1.29 is 4.79 Å². The first-order chi connectivity index (χ1) is 10.3. The van der Waals surface area contributed by atoms with Crippen molar-refractivity contribution >= 4 is 5.91 Å². The van der Waals surface area contributed by atoms with Gasteiger partial charge in [-0.3, -0.25) is 9.69 Å². The first kappa shape index (κ1) is 13.8. The van der Waals surface area contributed by atoms with E-state index < -0.39 is 0 Å². The Kier molecular flexibility index (Phi) is 4.02. The topological polar surface area (TPSA) is 46.3 Å². The second-order valence-electron chi connectivity index (χ2n) is 5.61. The Hall–Kier alpha value is -2.13. The van der Waals surface area contributed by atoms with Gasteiger partial charge in [0.2, 0.25) is 5.91 Å². The molecule has 3 rings (SSSR count). The lowest BCUT2D eigenvalue weighted by Gasteiger charge is -2.25. The average Bonchev–Trinajstić information content (AvgIpc) is 2.98. The summed E-state index contributed by atoms with van der Waals surface area (Å²) in [6.45, 7) is 1.79. The Balaban J connectivity index is 1.79. The number of hydrogen-bond donors (Lipinski definition) is 1. The molecule has 0 bridgehead atoms. The van der Waals surface area contributed by atoms with Crippen LogP contribution in [-0.4, -0.2) is 23.9 Å². The zero-order chi connectivity index (χ0) is 14.7. The second-order valence-corrected chi connectivity index (χ2v) is 5.61. The van der Waals surface area contributed by atoms with Crippen LogP contribution in [0.15, 0.2) is 60.7 Å². The van der Waals surface area contributed by atoms with Crippen LogP contribution in [0.1, 0.15) is 29.5 Å². The number of primary amides is 1. The number of rotatable bonds is 4. The summed E-state index contributed by atoms with van der Waals surface area (Å²) in [5.41, 5.74) is 7.98. The molecule has 1 amide bonds. The Bertz CT molecular complexity index is 597. The molecule has 2 aromatic carbocycles. The molecule has 2 atom stereocenters. The van der Waals surface area contributed by atoms with E-state index in [1.807, 2.05) is 36.4 Å².